The fraction of sp³-hybridized carbons (Fsp3) is 1.00. The molecule has 0 bridgehead atoms. The van der Waals surface area contributed by atoms with Gasteiger partial charge >= 0.3 is 0 Å². The molecule has 1 unspecified atom stereocenters. The van der Waals surface area contributed by atoms with Gasteiger partial charge in [0.1, 0.15) is 6.54 Å². The SMILES string of the molecule is CC(C)CCCCCCC[N+](C)(CCCO)CC(O)O.[Cl-]. The van der Waals surface area contributed by atoms with Crippen molar-refractivity contribution < 1.29 is 32.2 Å². The van der Waals surface area contributed by atoms with E-state index in [9.17, 15) is 10.2 Å². The Morgan fingerprint density at radius 3 is 1.90 bits per heavy atom. The molecule has 0 aliphatic carbocycles. The van der Waals surface area contributed by atoms with E-state index in [-0.39, 0.29) is 19.0 Å². The predicted molar refractivity (Wildman–Crippen MR) is 83.3 cm³/mol. The molecular weight excluding hydrogens is 290 g/mol. The molecule has 0 aromatic carbocycles. The molecule has 0 aliphatic heterocycles. The third-order valence-corrected chi connectivity index (χ3v) is 3.94. The van der Waals surface area contributed by atoms with E-state index < -0.39 is 6.29 Å². The Balaban J connectivity index is 0. The monoisotopic (exact) mass is 325 g/mol. The molecule has 130 valence electrons. The van der Waals surface area contributed by atoms with Crippen molar-refractivity contribution >= 4 is 0 Å². The maximum atomic E-state index is 9.19. The summed E-state index contributed by atoms with van der Waals surface area (Å²) >= 11 is 0. The van der Waals surface area contributed by atoms with Crippen LogP contribution in [0.4, 0.5) is 0 Å². The Hall–Kier alpha value is 0.130. The van der Waals surface area contributed by atoms with E-state index in [1.807, 2.05) is 7.05 Å². The van der Waals surface area contributed by atoms with Crippen molar-refractivity contribution in [3.63, 3.8) is 0 Å². The van der Waals surface area contributed by atoms with Crippen LogP contribution in [-0.4, -0.2) is 59.4 Å². The molecule has 0 aromatic heterocycles. The fourth-order valence-corrected chi connectivity index (χ4v) is 2.72. The number of aliphatic hydroxyl groups excluding tert-OH is 2. The highest BCUT2D eigenvalue weighted by atomic mass is 35.5. The Kier molecular flexibility index (Phi) is 15.3. The zero-order chi connectivity index (χ0) is 15.4. The number of hydrogen-bond acceptors (Lipinski definition) is 3. The van der Waals surface area contributed by atoms with Gasteiger partial charge in [0.25, 0.3) is 0 Å². The molecule has 0 saturated heterocycles. The summed E-state index contributed by atoms with van der Waals surface area (Å²) in [5.41, 5.74) is 0. The van der Waals surface area contributed by atoms with Gasteiger partial charge in [0.2, 0.25) is 6.29 Å². The van der Waals surface area contributed by atoms with Gasteiger partial charge in [-0.25, -0.2) is 0 Å². The van der Waals surface area contributed by atoms with Gasteiger partial charge in [-0.15, -0.1) is 0 Å². The normalized spacial score (nSPS) is 14.3. The topological polar surface area (TPSA) is 60.7 Å². The first-order chi connectivity index (χ1) is 9.39. The summed E-state index contributed by atoms with van der Waals surface area (Å²) in [4.78, 5) is 0. The van der Waals surface area contributed by atoms with Gasteiger partial charge in [-0.1, -0.05) is 39.5 Å². The molecule has 0 fully saturated rings. The first kappa shape index (κ1) is 23.4. The largest absolute Gasteiger partial charge is 1.00 e. The zero-order valence-corrected chi connectivity index (χ0v) is 14.9. The second kappa shape index (κ2) is 13.8. The van der Waals surface area contributed by atoms with E-state index >= 15 is 0 Å². The summed E-state index contributed by atoms with van der Waals surface area (Å²) in [6, 6.07) is 0. The molecule has 4 nitrogen and oxygen atoms in total. The quantitative estimate of drug-likeness (QED) is 0.234. The lowest BCUT2D eigenvalue weighted by molar-refractivity contribution is -0.915. The van der Waals surface area contributed by atoms with Crippen molar-refractivity contribution in [2.75, 3.05) is 33.3 Å². The predicted octanol–water partition coefficient (Wildman–Crippen LogP) is -0.873. The number of rotatable bonds is 13. The molecule has 0 rings (SSSR count). The minimum Gasteiger partial charge on any atom is -1.00 e. The lowest BCUT2D eigenvalue weighted by Crippen LogP contribution is -3.00. The van der Waals surface area contributed by atoms with Crippen LogP contribution in [-0.2, 0) is 0 Å². The highest BCUT2D eigenvalue weighted by molar-refractivity contribution is 4.50. The Morgan fingerprint density at radius 2 is 1.38 bits per heavy atom. The Morgan fingerprint density at radius 1 is 0.857 bits per heavy atom. The molecule has 0 heterocycles. The van der Waals surface area contributed by atoms with Crippen LogP contribution in [0.25, 0.3) is 0 Å². The van der Waals surface area contributed by atoms with Crippen molar-refractivity contribution in [3.8, 4) is 0 Å². The van der Waals surface area contributed by atoms with E-state index in [0.29, 0.717) is 11.0 Å². The van der Waals surface area contributed by atoms with Gasteiger partial charge in [-0.2, -0.15) is 0 Å². The molecule has 21 heavy (non-hydrogen) atoms. The molecule has 5 heteroatoms. The van der Waals surface area contributed by atoms with Crippen molar-refractivity contribution in [1.82, 2.24) is 0 Å². The van der Waals surface area contributed by atoms with E-state index in [4.69, 9.17) is 5.11 Å². The standard InChI is InChI=1S/C16H36NO3.ClH/c1-15(2)10-7-5-4-6-8-11-17(3,12-9-13-18)14-16(19)20;/h15-16,18-20H,4-14H2,1-3H3;1H/q+1;/p-1. The Bertz CT molecular complexity index is 228. The zero-order valence-electron chi connectivity index (χ0n) is 14.1. The van der Waals surface area contributed by atoms with Gasteiger partial charge in [0.05, 0.1) is 20.1 Å². The van der Waals surface area contributed by atoms with E-state index in [1.165, 1.54) is 32.1 Å². The van der Waals surface area contributed by atoms with Crippen LogP contribution >= 0.6 is 0 Å². The third kappa shape index (κ3) is 14.8. The average Bonchev–Trinajstić information content (AvgIpc) is 2.34. The van der Waals surface area contributed by atoms with Crippen LogP contribution in [0.2, 0.25) is 0 Å². The molecule has 0 spiro atoms. The van der Waals surface area contributed by atoms with Crippen molar-refractivity contribution in [2.45, 2.75) is 65.1 Å². The number of nitrogens with zero attached hydrogens (tertiary/aromatic N) is 1. The lowest BCUT2D eigenvalue weighted by Gasteiger charge is -2.35. The van der Waals surface area contributed by atoms with Gasteiger partial charge < -0.3 is 32.2 Å². The van der Waals surface area contributed by atoms with Crippen LogP contribution < -0.4 is 12.4 Å². The van der Waals surface area contributed by atoms with Crippen molar-refractivity contribution in [2.24, 2.45) is 5.92 Å². The smallest absolute Gasteiger partial charge is 0.202 e. The number of halogens is 1. The van der Waals surface area contributed by atoms with Crippen LogP contribution in [0, 0.1) is 5.92 Å². The van der Waals surface area contributed by atoms with Gasteiger partial charge in [-0.05, 0) is 18.8 Å². The highest BCUT2D eigenvalue weighted by Gasteiger charge is 2.23. The third-order valence-electron chi connectivity index (χ3n) is 3.94. The van der Waals surface area contributed by atoms with Crippen LogP contribution in [0.15, 0.2) is 0 Å². The first-order valence-corrected chi connectivity index (χ1v) is 8.20. The summed E-state index contributed by atoms with van der Waals surface area (Å²) in [5.74, 6) is 0.805. The number of aliphatic hydroxyl groups is 3. The highest BCUT2D eigenvalue weighted by Crippen LogP contribution is 2.13. The van der Waals surface area contributed by atoms with Crippen LogP contribution in [0.3, 0.4) is 0 Å². The molecule has 1 atom stereocenters. The molecule has 3 N–H and O–H groups in total. The molecule has 0 amide bonds. The van der Waals surface area contributed by atoms with Crippen LogP contribution in [0.1, 0.15) is 58.8 Å². The van der Waals surface area contributed by atoms with Crippen molar-refractivity contribution in [1.29, 1.82) is 0 Å². The summed E-state index contributed by atoms with van der Waals surface area (Å²) < 4.78 is 0.643. The second-order valence-electron chi connectivity index (χ2n) is 6.76. The number of unbranched alkanes of at least 4 members (excludes halogenated alkanes) is 4. The first-order valence-electron chi connectivity index (χ1n) is 8.20. The minimum absolute atomic E-state index is 0. The Labute approximate surface area is 137 Å². The molecular formula is C16H36ClNO3. The number of quaternary nitrogens is 1. The molecule has 0 aliphatic rings. The fourth-order valence-electron chi connectivity index (χ4n) is 2.72. The maximum absolute atomic E-state index is 9.19. The summed E-state index contributed by atoms with van der Waals surface area (Å²) in [5, 5.41) is 27.3. The average molecular weight is 326 g/mol. The van der Waals surface area contributed by atoms with Crippen LogP contribution in [0.5, 0.6) is 0 Å². The summed E-state index contributed by atoms with van der Waals surface area (Å²) in [6.07, 6.45) is 7.02. The van der Waals surface area contributed by atoms with E-state index in [0.717, 1.165) is 31.8 Å². The number of likely N-dealkylation sites (N-methyl/N-ethyl adjacent to an activating group) is 1. The van der Waals surface area contributed by atoms with Gasteiger partial charge in [0.15, 0.2) is 0 Å². The van der Waals surface area contributed by atoms with Gasteiger partial charge in [-0.3, -0.25) is 0 Å². The maximum Gasteiger partial charge on any atom is 0.202 e. The summed E-state index contributed by atoms with van der Waals surface area (Å²) in [7, 11) is 2.05. The molecule has 0 aromatic rings. The lowest BCUT2D eigenvalue weighted by atomic mass is 10.0. The number of hydrogen-bond donors (Lipinski definition) is 3. The van der Waals surface area contributed by atoms with E-state index in [1.54, 1.807) is 0 Å². The van der Waals surface area contributed by atoms with Crippen molar-refractivity contribution in [3.05, 3.63) is 0 Å². The van der Waals surface area contributed by atoms with Gasteiger partial charge in [0, 0.05) is 13.0 Å². The molecule has 0 saturated carbocycles. The summed E-state index contributed by atoms with van der Waals surface area (Å²) in [6.45, 7) is 6.83. The van der Waals surface area contributed by atoms with E-state index in [2.05, 4.69) is 13.8 Å². The second-order valence-corrected chi connectivity index (χ2v) is 6.76. The minimum atomic E-state index is -1.26. The molecule has 0 radical (unpaired) electrons.